The van der Waals surface area contributed by atoms with Gasteiger partial charge >= 0.3 is 5.97 Å². The minimum Gasteiger partial charge on any atom is -0.469 e. The topological polar surface area (TPSA) is 105 Å². The number of hydrogen-bond donors (Lipinski definition) is 2. The van der Waals surface area contributed by atoms with Crippen molar-refractivity contribution in [2.75, 3.05) is 19.1 Å². The highest BCUT2D eigenvalue weighted by Gasteiger charge is 2.26. The van der Waals surface area contributed by atoms with E-state index in [0.717, 1.165) is 42.8 Å². The van der Waals surface area contributed by atoms with Gasteiger partial charge in [0.2, 0.25) is 0 Å². The summed E-state index contributed by atoms with van der Waals surface area (Å²) in [6, 6.07) is 11.8. The van der Waals surface area contributed by atoms with Crippen molar-refractivity contribution < 1.29 is 9.53 Å². The first-order chi connectivity index (χ1) is 13.5. The first-order valence-corrected chi connectivity index (χ1v) is 9.56. The van der Waals surface area contributed by atoms with Crippen LogP contribution in [-0.4, -0.2) is 42.2 Å². The van der Waals surface area contributed by atoms with Gasteiger partial charge in [-0.05, 0) is 43.7 Å². The number of nitrogen functional groups attached to an aromatic ring is 1. The zero-order chi connectivity index (χ0) is 20.1. The van der Waals surface area contributed by atoms with Crippen molar-refractivity contribution in [3.8, 4) is 11.3 Å². The molecule has 0 aliphatic heterocycles. The van der Waals surface area contributed by atoms with Crippen LogP contribution in [0.1, 0.15) is 37.7 Å². The summed E-state index contributed by atoms with van der Waals surface area (Å²) in [4.78, 5) is 13.6. The molecule has 2 aromatic rings. The van der Waals surface area contributed by atoms with Crippen LogP contribution in [0.5, 0.6) is 0 Å². The summed E-state index contributed by atoms with van der Waals surface area (Å²) in [5.41, 5.74) is 7.91. The molecule has 0 spiro atoms. The molecule has 1 aromatic carbocycles. The van der Waals surface area contributed by atoms with E-state index in [9.17, 15) is 4.79 Å². The average Bonchev–Trinajstić information content (AvgIpc) is 2.74. The van der Waals surface area contributed by atoms with E-state index in [-0.39, 0.29) is 11.8 Å². The third-order valence-corrected chi connectivity index (χ3v) is 5.55. The lowest BCUT2D eigenvalue weighted by Gasteiger charge is -2.34. The van der Waals surface area contributed by atoms with Crippen LogP contribution in [-0.2, 0) is 9.53 Å². The van der Waals surface area contributed by atoms with E-state index >= 15 is 0 Å². The number of nitrogens with zero attached hydrogens (tertiary/aromatic N) is 3. The Morgan fingerprint density at radius 2 is 1.82 bits per heavy atom. The van der Waals surface area contributed by atoms with Gasteiger partial charge in [-0.2, -0.15) is 0 Å². The molecule has 0 radical (unpaired) electrons. The molecular formula is C21H27N5O2. The Balaban J connectivity index is 1.60. The predicted octanol–water partition coefficient (Wildman–Crippen LogP) is 2.99. The fraction of sp³-hybridized carbons (Fsp3) is 0.429. The molecule has 0 bridgehead atoms. The van der Waals surface area contributed by atoms with Gasteiger partial charge in [0.1, 0.15) is 5.84 Å². The van der Waals surface area contributed by atoms with Gasteiger partial charge in [-0.3, -0.25) is 10.2 Å². The first-order valence-electron chi connectivity index (χ1n) is 9.56. The van der Waals surface area contributed by atoms with Crippen molar-refractivity contribution in [1.29, 1.82) is 5.41 Å². The lowest BCUT2D eigenvalue weighted by Crippen LogP contribution is -2.36. The number of nitrogens with two attached hydrogens (primary N) is 1. The van der Waals surface area contributed by atoms with Gasteiger partial charge in [-0.1, -0.05) is 24.3 Å². The van der Waals surface area contributed by atoms with E-state index in [2.05, 4.69) is 22.1 Å². The van der Waals surface area contributed by atoms with E-state index in [0.29, 0.717) is 23.9 Å². The number of aromatic nitrogens is 2. The van der Waals surface area contributed by atoms with Gasteiger partial charge in [0, 0.05) is 30.6 Å². The van der Waals surface area contributed by atoms with Crippen LogP contribution in [0, 0.1) is 11.3 Å². The van der Waals surface area contributed by atoms with Gasteiger partial charge in [-0.15, -0.1) is 10.2 Å². The Labute approximate surface area is 165 Å². The molecule has 1 aliphatic rings. The Morgan fingerprint density at radius 1 is 1.14 bits per heavy atom. The molecule has 1 aliphatic carbocycles. The SMILES string of the molecule is COC(=O)CC1CCC(N(C)c2ccc(-c3ccc(C(=N)N)cc3)nn2)CC1. The minimum atomic E-state index is -0.116. The number of hydrogen-bond acceptors (Lipinski definition) is 6. The number of anilines is 1. The van der Waals surface area contributed by atoms with Gasteiger partial charge in [0.15, 0.2) is 5.82 Å². The number of benzene rings is 1. The Bertz CT molecular complexity index is 812. The molecule has 148 valence electrons. The van der Waals surface area contributed by atoms with Crippen LogP contribution in [0.4, 0.5) is 5.82 Å². The third kappa shape index (κ3) is 4.65. The summed E-state index contributed by atoms with van der Waals surface area (Å²) in [7, 11) is 3.50. The van der Waals surface area contributed by atoms with Crippen LogP contribution in [0.15, 0.2) is 36.4 Å². The summed E-state index contributed by atoms with van der Waals surface area (Å²) >= 11 is 0. The second kappa shape index (κ2) is 8.82. The fourth-order valence-corrected chi connectivity index (χ4v) is 3.73. The highest BCUT2D eigenvalue weighted by Crippen LogP contribution is 2.31. The van der Waals surface area contributed by atoms with Crippen molar-refractivity contribution >= 4 is 17.6 Å². The Hall–Kier alpha value is -2.96. The first kappa shape index (κ1) is 19.8. The van der Waals surface area contributed by atoms with E-state index in [1.807, 2.05) is 36.4 Å². The molecule has 1 heterocycles. The molecular weight excluding hydrogens is 354 g/mol. The summed E-state index contributed by atoms with van der Waals surface area (Å²) < 4.78 is 4.78. The second-order valence-corrected chi connectivity index (χ2v) is 7.33. The molecule has 7 nitrogen and oxygen atoms in total. The molecule has 3 N–H and O–H groups in total. The standard InChI is InChI=1S/C21H27N5O2/c1-26(17-9-3-14(4-10-17)13-20(27)28-2)19-12-11-18(24-25-19)15-5-7-16(8-6-15)21(22)23/h5-8,11-12,14,17H,3-4,9-10,13H2,1-2H3,(H3,22,23). The largest absolute Gasteiger partial charge is 0.469 e. The summed E-state index contributed by atoms with van der Waals surface area (Å²) in [6.07, 6.45) is 4.64. The van der Waals surface area contributed by atoms with Crippen LogP contribution in [0.25, 0.3) is 11.3 Å². The van der Waals surface area contributed by atoms with Crippen LogP contribution < -0.4 is 10.6 Å². The average molecular weight is 381 g/mol. The van der Waals surface area contributed by atoms with E-state index in [1.165, 1.54) is 7.11 Å². The highest BCUT2D eigenvalue weighted by molar-refractivity contribution is 5.95. The molecule has 28 heavy (non-hydrogen) atoms. The number of esters is 1. The molecule has 1 fully saturated rings. The van der Waals surface area contributed by atoms with Crippen molar-refractivity contribution in [1.82, 2.24) is 10.2 Å². The number of carbonyl (C=O) groups is 1. The molecule has 0 atom stereocenters. The summed E-state index contributed by atoms with van der Waals surface area (Å²) in [6.45, 7) is 0. The number of amidine groups is 1. The Morgan fingerprint density at radius 3 is 2.36 bits per heavy atom. The normalized spacial score (nSPS) is 19.1. The lowest BCUT2D eigenvalue weighted by molar-refractivity contribution is -0.142. The maximum Gasteiger partial charge on any atom is 0.305 e. The minimum absolute atomic E-state index is 0.0518. The number of nitrogens with one attached hydrogen (secondary N) is 1. The highest BCUT2D eigenvalue weighted by atomic mass is 16.5. The zero-order valence-corrected chi connectivity index (χ0v) is 16.4. The summed E-state index contributed by atoms with van der Waals surface area (Å²) in [5.74, 6) is 1.20. The second-order valence-electron chi connectivity index (χ2n) is 7.33. The molecule has 7 heteroatoms. The number of carbonyl (C=O) groups excluding carboxylic acids is 1. The molecule has 1 saturated carbocycles. The number of ether oxygens (including phenoxy) is 1. The fourth-order valence-electron chi connectivity index (χ4n) is 3.73. The maximum absolute atomic E-state index is 11.5. The van der Waals surface area contributed by atoms with Gasteiger partial charge < -0.3 is 15.4 Å². The van der Waals surface area contributed by atoms with Crippen molar-refractivity contribution in [3.05, 3.63) is 42.0 Å². The van der Waals surface area contributed by atoms with Crippen LogP contribution in [0.3, 0.4) is 0 Å². The molecule has 0 saturated heterocycles. The van der Waals surface area contributed by atoms with Gasteiger partial charge in [0.05, 0.1) is 12.8 Å². The van der Waals surface area contributed by atoms with Crippen molar-refractivity contribution in [2.24, 2.45) is 11.7 Å². The van der Waals surface area contributed by atoms with E-state index in [4.69, 9.17) is 15.9 Å². The molecule has 0 amide bonds. The third-order valence-electron chi connectivity index (χ3n) is 5.55. The molecule has 0 unspecified atom stereocenters. The molecule has 3 rings (SSSR count). The van der Waals surface area contributed by atoms with Crippen molar-refractivity contribution in [3.63, 3.8) is 0 Å². The number of rotatable bonds is 6. The lowest BCUT2D eigenvalue weighted by atomic mass is 9.83. The predicted molar refractivity (Wildman–Crippen MR) is 109 cm³/mol. The maximum atomic E-state index is 11.5. The van der Waals surface area contributed by atoms with Crippen molar-refractivity contribution in [2.45, 2.75) is 38.1 Å². The number of methoxy groups -OCH3 is 1. The summed E-state index contributed by atoms with van der Waals surface area (Å²) in [5, 5.41) is 16.2. The smallest absolute Gasteiger partial charge is 0.305 e. The zero-order valence-electron chi connectivity index (χ0n) is 16.4. The van der Waals surface area contributed by atoms with Crippen LogP contribution >= 0.6 is 0 Å². The van der Waals surface area contributed by atoms with Crippen LogP contribution in [0.2, 0.25) is 0 Å². The van der Waals surface area contributed by atoms with Gasteiger partial charge in [-0.25, -0.2) is 0 Å². The van der Waals surface area contributed by atoms with Gasteiger partial charge in [0.25, 0.3) is 0 Å². The van der Waals surface area contributed by atoms with E-state index < -0.39 is 0 Å². The quantitative estimate of drug-likeness (QED) is 0.453. The molecule has 1 aromatic heterocycles. The monoisotopic (exact) mass is 381 g/mol. The van der Waals surface area contributed by atoms with E-state index in [1.54, 1.807) is 0 Å². The Kier molecular flexibility index (Phi) is 6.23.